The minimum Gasteiger partial charge on any atom is -0.398 e. The van der Waals surface area contributed by atoms with E-state index in [0.29, 0.717) is 17.7 Å². The second-order valence-corrected chi connectivity index (χ2v) is 5.29. The first-order valence-corrected chi connectivity index (χ1v) is 6.82. The van der Waals surface area contributed by atoms with Crippen LogP contribution in [0.1, 0.15) is 15.4 Å². The molecule has 0 saturated heterocycles. The number of thiazole rings is 1. The van der Waals surface area contributed by atoms with E-state index in [2.05, 4.69) is 4.98 Å². The van der Waals surface area contributed by atoms with Crippen LogP contribution < -0.4 is 5.73 Å². The highest BCUT2D eigenvalue weighted by atomic mass is 32.1. The van der Waals surface area contributed by atoms with Gasteiger partial charge in [-0.3, -0.25) is 4.79 Å². The Morgan fingerprint density at radius 2 is 1.95 bits per heavy atom. The van der Waals surface area contributed by atoms with Crippen molar-refractivity contribution in [2.75, 3.05) is 5.73 Å². The van der Waals surface area contributed by atoms with Crippen molar-refractivity contribution >= 4 is 33.6 Å². The van der Waals surface area contributed by atoms with Crippen molar-refractivity contribution in [1.29, 1.82) is 0 Å². The molecule has 0 fully saturated rings. The zero-order chi connectivity index (χ0) is 13.2. The lowest BCUT2D eigenvalue weighted by Gasteiger charge is -2.06. The van der Waals surface area contributed by atoms with Crippen LogP contribution in [0.4, 0.5) is 5.69 Å². The van der Waals surface area contributed by atoms with Gasteiger partial charge < -0.3 is 5.73 Å². The Balaban J connectivity index is 1.99. The second-order valence-electron chi connectivity index (χ2n) is 4.31. The largest absolute Gasteiger partial charge is 0.398 e. The fourth-order valence-corrected chi connectivity index (χ4v) is 2.69. The molecule has 0 aliphatic carbocycles. The molecule has 2 N–H and O–H groups in total. The summed E-state index contributed by atoms with van der Waals surface area (Å²) in [6, 6.07) is 11.6. The molecule has 3 rings (SSSR count). The summed E-state index contributed by atoms with van der Waals surface area (Å²) in [4.78, 5) is 16.4. The van der Waals surface area contributed by atoms with Crippen LogP contribution in [0, 0.1) is 0 Å². The monoisotopic (exact) mass is 268 g/mol. The molecule has 0 unspecified atom stereocenters. The highest BCUT2D eigenvalue weighted by molar-refractivity contribution is 7.09. The third-order valence-corrected chi connectivity index (χ3v) is 3.79. The first-order valence-electron chi connectivity index (χ1n) is 5.94. The first-order chi connectivity index (χ1) is 9.24. The van der Waals surface area contributed by atoms with Gasteiger partial charge in [0, 0.05) is 22.8 Å². The fourth-order valence-electron chi connectivity index (χ4n) is 2.07. The van der Waals surface area contributed by atoms with E-state index in [1.165, 1.54) is 11.3 Å². The summed E-state index contributed by atoms with van der Waals surface area (Å²) >= 11 is 1.48. The smallest absolute Gasteiger partial charge is 0.171 e. The number of nitrogen functional groups attached to an aromatic ring is 1. The number of anilines is 1. The summed E-state index contributed by atoms with van der Waals surface area (Å²) in [6.07, 6.45) is 2.01. The molecule has 0 amide bonds. The lowest BCUT2D eigenvalue weighted by molar-refractivity contribution is 0.0994. The van der Waals surface area contributed by atoms with E-state index in [-0.39, 0.29) is 5.78 Å². The number of fused-ring (bicyclic) bond motifs is 1. The minimum absolute atomic E-state index is 0.0122. The van der Waals surface area contributed by atoms with Gasteiger partial charge in [-0.2, -0.15) is 0 Å². The lowest BCUT2D eigenvalue weighted by atomic mass is 10.0. The van der Waals surface area contributed by atoms with Crippen LogP contribution in [-0.4, -0.2) is 10.8 Å². The molecular formula is C15H12N2OS. The molecule has 1 heterocycles. The van der Waals surface area contributed by atoms with Crippen LogP contribution in [0.15, 0.2) is 48.0 Å². The number of benzene rings is 2. The van der Waals surface area contributed by atoms with E-state index in [1.54, 1.807) is 6.20 Å². The summed E-state index contributed by atoms with van der Waals surface area (Å²) in [5.41, 5.74) is 7.08. The van der Waals surface area contributed by atoms with Gasteiger partial charge in [0.05, 0.1) is 6.42 Å². The number of rotatable bonds is 3. The number of hydrogen-bond acceptors (Lipinski definition) is 4. The van der Waals surface area contributed by atoms with Crippen molar-refractivity contribution in [2.45, 2.75) is 6.42 Å². The van der Waals surface area contributed by atoms with E-state index < -0.39 is 0 Å². The maximum atomic E-state index is 12.3. The molecule has 1 aromatic heterocycles. The van der Waals surface area contributed by atoms with Crippen molar-refractivity contribution < 1.29 is 4.79 Å². The molecule has 3 aromatic rings. The van der Waals surface area contributed by atoms with Gasteiger partial charge in [-0.15, -0.1) is 11.3 Å². The second kappa shape index (κ2) is 4.82. The molecule has 0 bridgehead atoms. The van der Waals surface area contributed by atoms with E-state index in [0.717, 1.165) is 15.8 Å². The number of Topliss-reactive ketones (excluding diaryl/α,β-unsaturated/α-hetero) is 1. The summed E-state index contributed by atoms with van der Waals surface area (Å²) in [7, 11) is 0. The summed E-state index contributed by atoms with van der Waals surface area (Å²) < 4.78 is 0. The molecular weight excluding hydrogens is 256 g/mol. The SMILES string of the molecule is Nc1cc2ccccc2cc1C(=O)Cc1nccs1. The molecule has 0 saturated carbocycles. The third kappa shape index (κ3) is 2.35. The highest BCUT2D eigenvalue weighted by Crippen LogP contribution is 2.23. The van der Waals surface area contributed by atoms with Gasteiger partial charge in [0.2, 0.25) is 0 Å². The Kier molecular flexibility index (Phi) is 3.01. The zero-order valence-corrected chi connectivity index (χ0v) is 11.0. The van der Waals surface area contributed by atoms with Crippen LogP contribution in [0.5, 0.6) is 0 Å². The van der Waals surface area contributed by atoms with Crippen molar-refractivity contribution in [3.63, 3.8) is 0 Å². The molecule has 0 atom stereocenters. The predicted octanol–water partition coefficient (Wildman–Crippen LogP) is 3.30. The standard InChI is InChI=1S/C15H12N2OS/c16-13-8-11-4-2-1-3-10(11)7-12(13)14(18)9-15-17-5-6-19-15/h1-8H,9,16H2. The van der Waals surface area contributed by atoms with Crippen molar-refractivity contribution in [1.82, 2.24) is 4.98 Å². The molecule has 0 radical (unpaired) electrons. The average Bonchev–Trinajstić information content (AvgIpc) is 2.90. The Bertz CT molecular complexity index is 735. The highest BCUT2D eigenvalue weighted by Gasteiger charge is 2.13. The number of carbonyl (C=O) groups is 1. The number of ketones is 1. The number of hydrogen-bond donors (Lipinski definition) is 1. The molecule has 94 valence electrons. The number of nitrogens with two attached hydrogens (primary N) is 1. The van der Waals surface area contributed by atoms with Gasteiger partial charge in [0.25, 0.3) is 0 Å². The Hall–Kier alpha value is -2.20. The van der Waals surface area contributed by atoms with E-state index in [9.17, 15) is 4.79 Å². The van der Waals surface area contributed by atoms with Gasteiger partial charge in [-0.05, 0) is 22.9 Å². The molecule has 0 spiro atoms. The van der Waals surface area contributed by atoms with Gasteiger partial charge >= 0.3 is 0 Å². The summed E-state index contributed by atoms with van der Waals surface area (Å²) in [6.45, 7) is 0. The molecule has 0 aliphatic heterocycles. The quantitative estimate of drug-likeness (QED) is 0.585. The fraction of sp³-hybridized carbons (Fsp3) is 0.0667. The Morgan fingerprint density at radius 3 is 2.63 bits per heavy atom. The van der Waals surface area contributed by atoms with Crippen LogP contribution in [0.25, 0.3) is 10.8 Å². The molecule has 2 aromatic carbocycles. The van der Waals surface area contributed by atoms with Gasteiger partial charge in [0.15, 0.2) is 5.78 Å². The third-order valence-electron chi connectivity index (χ3n) is 3.01. The van der Waals surface area contributed by atoms with Crippen LogP contribution >= 0.6 is 11.3 Å². The average molecular weight is 268 g/mol. The van der Waals surface area contributed by atoms with Crippen molar-refractivity contribution in [2.24, 2.45) is 0 Å². The summed E-state index contributed by atoms with van der Waals surface area (Å²) in [5, 5.41) is 4.76. The maximum Gasteiger partial charge on any atom is 0.171 e. The van der Waals surface area contributed by atoms with Gasteiger partial charge in [-0.25, -0.2) is 4.98 Å². The maximum absolute atomic E-state index is 12.3. The molecule has 19 heavy (non-hydrogen) atoms. The van der Waals surface area contributed by atoms with E-state index >= 15 is 0 Å². The molecule has 0 aliphatic rings. The van der Waals surface area contributed by atoms with Crippen LogP contribution in [0.2, 0.25) is 0 Å². The Labute approximate surface area is 114 Å². The van der Waals surface area contributed by atoms with Crippen LogP contribution in [-0.2, 0) is 6.42 Å². The number of aromatic nitrogens is 1. The van der Waals surface area contributed by atoms with E-state index in [1.807, 2.05) is 41.8 Å². The summed E-state index contributed by atoms with van der Waals surface area (Å²) in [5.74, 6) is 0.0122. The Morgan fingerprint density at radius 1 is 1.21 bits per heavy atom. The minimum atomic E-state index is 0.0122. The first kappa shape index (κ1) is 11.9. The number of nitrogens with zero attached hydrogens (tertiary/aromatic N) is 1. The lowest BCUT2D eigenvalue weighted by Crippen LogP contribution is -2.07. The normalized spacial score (nSPS) is 10.7. The van der Waals surface area contributed by atoms with Gasteiger partial charge in [-0.1, -0.05) is 24.3 Å². The molecule has 3 nitrogen and oxygen atoms in total. The topological polar surface area (TPSA) is 56.0 Å². The van der Waals surface area contributed by atoms with Crippen LogP contribution in [0.3, 0.4) is 0 Å². The predicted molar refractivity (Wildman–Crippen MR) is 78.5 cm³/mol. The van der Waals surface area contributed by atoms with Gasteiger partial charge in [0.1, 0.15) is 5.01 Å². The van der Waals surface area contributed by atoms with E-state index in [4.69, 9.17) is 5.73 Å². The molecule has 4 heteroatoms. The zero-order valence-electron chi connectivity index (χ0n) is 10.2. The van der Waals surface area contributed by atoms with Crippen molar-refractivity contribution in [3.8, 4) is 0 Å². The number of carbonyl (C=O) groups excluding carboxylic acids is 1. The van der Waals surface area contributed by atoms with Crippen molar-refractivity contribution in [3.05, 3.63) is 58.5 Å².